The fraction of sp³-hybridized carbons (Fsp3) is 0.400. The Morgan fingerprint density at radius 2 is 1.97 bits per heavy atom. The predicted molar refractivity (Wildman–Crippen MR) is 125 cm³/mol. The van der Waals surface area contributed by atoms with E-state index in [1.807, 2.05) is 0 Å². The zero-order valence-electron chi connectivity index (χ0n) is 17.8. The second kappa shape index (κ2) is 8.87. The van der Waals surface area contributed by atoms with Gasteiger partial charge in [-0.3, -0.25) is 4.79 Å². The minimum atomic E-state index is -0.167. The molecule has 5 nitrogen and oxygen atoms in total. The summed E-state index contributed by atoms with van der Waals surface area (Å²) in [6.07, 6.45) is 6.93. The molecule has 1 fully saturated rings. The Bertz CT molecular complexity index is 1130. The molecular formula is C25H27N3O2S. The van der Waals surface area contributed by atoms with Gasteiger partial charge in [0.15, 0.2) is 5.16 Å². The molecule has 3 aromatic rings. The standard InChI is InChI=1S/C25H27N3O2S/c1-30-23(29)10-5-15-31-25-27-21-9-4-8-20(21)24(28-25)26-22-14-13-17(16-11-12-16)18-6-2-3-7-19(18)22/h2-3,6-7,13-14,16H,4-5,8-12,15H2,1H3,(H,26,27,28). The average molecular weight is 434 g/mol. The number of thioether (sulfide) groups is 1. The fourth-order valence-electron chi connectivity index (χ4n) is 4.37. The second-order valence-electron chi connectivity index (χ2n) is 8.31. The number of carbonyl (C=O) groups excluding carboxylic acids is 1. The number of benzene rings is 2. The SMILES string of the molecule is COC(=O)CCCSc1nc2c(c(Nc3ccc(C4CC4)c4ccccc34)n1)CCC2. The van der Waals surface area contributed by atoms with Gasteiger partial charge in [-0.05, 0) is 61.5 Å². The molecule has 0 atom stereocenters. The van der Waals surface area contributed by atoms with E-state index < -0.39 is 0 Å². The summed E-state index contributed by atoms with van der Waals surface area (Å²) in [6, 6.07) is 13.2. The van der Waals surface area contributed by atoms with Gasteiger partial charge >= 0.3 is 5.97 Å². The third-order valence-electron chi connectivity index (χ3n) is 6.12. The monoisotopic (exact) mass is 433 g/mol. The molecule has 0 amide bonds. The number of hydrogen-bond acceptors (Lipinski definition) is 6. The molecule has 0 unspecified atom stereocenters. The van der Waals surface area contributed by atoms with Crippen LogP contribution in [-0.2, 0) is 22.4 Å². The first-order chi connectivity index (χ1) is 15.2. The molecule has 2 aliphatic carbocycles. The van der Waals surface area contributed by atoms with Crippen molar-refractivity contribution >= 4 is 40.0 Å². The van der Waals surface area contributed by atoms with Crippen LogP contribution in [0, 0.1) is 0 Å². The van der Waals surface area contributed by atoms with Gasteiger partial charge < -0.3 is 10.1 Å². The first kappa shape index (κ1) is 20.3. The molecule has 1 N–H and O–H groups in total. The number of ether oxygens (including phenoxy) is 1. The zero-order chi connectivity index (χ0) is 21.2. The fourth-order valence-corrected chi connectivity index (χ4v) is 5.17. The predicted octanol–water partition coefficient (Wildman–Crippen LogP) is 5.78. The number of carbonyl (C=O) groups is 1. The van der Waals surface area contributed by atoms with Crippen LogP contribution < -0.4 is 5.32 Å². The van der Waals surface area contributed by atoms with Crippen molar-refractivity contribution in [2.45, 2.75) is 56.0 Å². The molecule has 6 heteroatoms. The molecule has 0 spiro atoms. The molecule has 31 heavy (non-hydrogen) atoms. The van der Waals surface area contributed by atoms with Crippen LogP contribution in [0.1, 0.15) is 54.8 Å². The van der Waals surface area contributed by atoms with Gasteiger partial charge in [-0.15, -0.1) is 0 Å². The van der Waals surface area contributed by atoms with Crippen molar-refractivity contribution in [1.29, 1.82) is 0 Å². The van der Waals surface area contributed by atoms with Crippen LogP contribution >= 0.6 is 11.8 Å². The molecule has 1 saturated carbocycles. The molecule has 5 rings (SSSR count). The van der Waals surface area contributed by atoms with Crippen molar-refractivity contribution in [2.24, 2.45) is 0 Å². The number of aryl methyl sites for hydroxylation is 1. The van der Waals surface area contributed by atoms with E-state index in [4.69, 9.17) is 14.7 Å². The first-order valence-corrected chi connectivity index (χ1v) is 12.1. The number of nitrogens with one attached hydrogen (secondary N) is 1. The lowest BCUT2D eigenvalue weighted by molar-refractivity contribution is -0.140. The minimum absolute atomic E-state index is 0.167. The van der Waals surface area contributed by atoms with Crippen molar-refractivity contribution < 1.29 is 9.53 Å². The van der Waals surface area contributed by atoms with Crippen molar-refractivity contribution in [3.63, 3.8) is 0 Å². The Labute approximate surface area is 187 Å². The first-order valence-electron chi connectivity index (χ1n) is 11.1. The summed E-state index contributed by atoms with van der Waals surface area (Å²) in [4.78, 5) is 21.0. The summed E-state index contributed by atoms with van der Waals surface area (Å²) in [5.74, 6) is 2.28. The molecule has 0 saturated heterocycles. The Kier molecular flexibility index (Phi) is 5.81. The van der Waals surface area contributed by atoms with Gasteiger partial charge in [0.25, 0.3) is 0 Å². The number of methoxy groups -OCH3 is 1. The Morgan fingerprint density at radius 3 is 2.77 bits per heavy atom. The largest absolute Gasteiger partial charge is 0.469 e. The van der Waals surface area contributed by atoms with Crippen LogP contribution in [0.3, 0.4) is 0 Å². The molecular weight excluding hydrogens is 406 g/mol. The van der Waals surface area contributed by atoms with Gasteiger partial charge in [0.05, 0.1) is 12.8 Å². The van der Waals surface area contributed by atoms with E-state index >= 15 is 0 Å². The maximum absolute atomic E-state index is 11.3. The Hall–Kier alpha value is -2.60. The van der Waals surface area contributed by atoms with Crippen LogP contribution in [0.25, 0.3) is 10.8 Å². The average Bonchev–Trinajstić information content (AvgIpc) is 3.53. The van der Waals surface area contributed by atoms with E-state index in [2.05, 4.69) is 41.7 Å². The van der Waals surface area contributed by atoms with E-state index in [0.29, 0.717) is 6.42 Å². The molecule has 2 aliphatic rings. The number of rotatable bonds is 8. The normalized spacial score (nSPS) is 15.1. The van der Waals surface area contributed by atoms with Crippen molar-refractivity contribution in [3.05, 3.63) is 53.2 Å². The highest BCUT2D eigenvalue weighted by atomic mass is 32.2. The lowest BCUT2D eigenvalue weighted by Crippen LogP contribution is -2.04. The molecule has 0 bridgehead atoms. The lowest BCUT2D eigenvalue weighted by Gasteiger charge is -2.15. The van der Waals surface area contributed by atoms with E-state index in [1.165, 1.54) is 41.9 Å². The molecule has 2 aromatic carbocycles. The summed E-state index contributed by atoms with van der Waals surface area (Å²) < 4.78 is 4.72. The third-order valence-corrected chi connectivity index (χ3v) is 7.06. The number of esters is 1. The van der Waals surface area contributed by atoms with Crippen molar-refractivity contribution in [1.82, 2.24) is 9.97 Å². The van der Waals surface area contributed by atoms with Crippen LogP contribution in [0.4, 0.5) is 11.5 Å². The van der Waals surface area contributed by atoms with Crippen LogP contribution in [0.5, 0.6) is 0 Å². The summed E-state index contributed by atoms with van der Waals surface area (Å²) >= 11 is 1.61. The maximum Gasteiger partial charge on any atom is 0.305 e. The van der Waals surface area contributed by atoms with Gasteiger partial charge in [0.1, 0.15) is 5.82 Å². The van der Waals surface area contributed by atoms with Crippen molar-refractivity contribution in [3.8, 4) is 0 Å². The van der Waals surface area contributed by atoms with Gasteiger partial charge in [0, 0.05) is 28.8 Å². The highest BCUT2D eigenvalue weighted by molar-refractivity contribution is 7.99. The summed E-state index contributed by atoms with van der Waals surface area (Å²) in [6.45, 7) is 0. The highest BCUT2D eigenvalue weighted by Crippen LogP contribution is 2.44. The van der Waals surface area contributed by atoms with E-state index in [1.54, 1.807) is 11.8 Å². The summed E-state index contributed by atoms with van der Waals surface area (Å²) in [5, 5.41) is 7.04. The smallest absolute Gasteiger partial charge is 0.305 e. The van der Waals surface area contributed by atoms with E-state index in [0.717, 1.165) is 59.7 Å². The summed E-state index contributed by atoms with van der Waals surface area (Å²) in [5.41, 5.74) is 4.98. The number of nitrogens with zero attached hydrogens (tertiary/aromatic N) is 2. The summed E-state index contributed by atoms with van der Waals surface area (Å²) in [7, 11) is 1.43. The van der Waals surface area contributed by atoms with Crippen LogP contribution in [0.2, 0.25) is 0 Å². The van der Waals surface area contributed by atoms with E-state index in [-0.39, 0.29) is 5.97 Å². The van der Waals surface area contributed by atoms with Gasteiger partial charge in [-0.1, -0.05) is 42.1 Å². The quantitative estimate of drug-likeness (QED) is 0.210. The van der Waals surface area contributed by atoms with Gasteiger partial charge in [-0.25, -0.2) is 9.97 Å². The Morgan fingerprint density at radius 1 is 1.13 bits per heavy atom. The maximum atomic E-state index is 11.3. The van der Waals surface area contributed by atoms with Crippen molar-refractivity contribution in [2.75, 3.05) is 18.2 Å². The van der Waals surface area contributed by atoms with Crippen LogP contribution in [-0.4, -0.2) is 28.8 Å². The van der Waals surface area contributed by atoms with E-state index in [9.17, 15) is 4.79 Å². The molecule has 160 valence electrons. The molecule has 0 radical (unpaired) electrons. The minimum Gasteiger partial charge on any atom is -0.469 e. The molecule has 1 aromatic heterocycles. The lowest BCUT2D eigenvalue weighted by atomic mass is 9.99. The highest BCUT2D eigenvalue weighted by Gasteiger charge is 2.26. The topological polar surface area (TPSA) is 64.1 Å². The number of anilines is 2. The molecule has 1 heterocycles. The van der Waals surface area contributed by atoms with Gasteiger partial charge in [0.2, 0.25) is 0 Å². The second-order valence-corrected chi connectivity index (χ2v) is 9.37. The molecule has 0 aliphatic heterocycles. The Balaban J connectivity index is 1.41. The van der Waals surface area contributed by atoms with Gasteiger partial charge in [-0.2, -0.15) is 0 Å². The number of fused-ring (bicyclic) bond motifs is 2. The number of aromatic nitrogens is 2. The third kappa shape index (κ3) is 4.40. The number of hydrogen-bond donors (Lipinski definition) is 1. The van der Waals surface area contributed by atoms with Crippen LogP contribution in [0.15, 0.2) is 41.6 Å². The zero-order valence-corrected chi connectivity index (χ0v) is 18.6.